The molecule has 1 saturated heterocycles. The van der Waals surface area contributed by atoms with Gasteiger partial charge in [0.25, 0.3) is 5.91 Å². The van der Waals surface area contributed by atoms with E-state index in [1.165, 1.54) is 6.26 Å². The SMILES string of the molecule is O=C(N[C@H]1CCN(c2nccn3ccnc23)C1)c1coc(-c2ccccc2)n1. The number of nitrogens with zero attached hydrogens (tertiary/aromatic N) is 5. The summed E-state index contributed by atoms with van der Waals surface area (Å²) in [4.78, 5) is 27.9. The molecule has 0 unspecified atom stereocenters. The Balaban J connectivity index is 1.27. The predicted molar refractivity (Wildman–Crippen MR) is 103 cm³/mol. The molecule has 28 heavy (non-hydrogen) atoms. The summed E-state index contributed by atoms with van der Waals surface area (Å²) in [6.45, 7) is 1.48. The minimum atomic E-state index is -0.232. The predicted octanol–water partition coefficient (Wildman–Crippen LogP) is 2.39. The highest BCUT2D eigenvalue weighted by Gasteiger charge is 2.27. The van der Waals surface area contributed by atoms with Crippen molar-refractivity contribution in [2.75, 3.05) is 18.0 Å². The molecule has 1 aromatic carbocycles. The van der Waals surface area contributed by atoms with E-state index >= 15 is 0 Å². The topological polar surface area (TPSA) is 88.6 Å². The summed E-state index contributed by atoms with van der Waals surface area (Å²) in [5.41, 5.74) is 1.94. The van der Waals surface area contributed by atoms with Crippen LogP contribution in [0.2, 0.25) is 0 Å². The summed E-state index contributed by atoms with van der Waals surface area (Å²) in [6, 6.07) is 9.53. The van der Waals surface area contributed by atoms with Crippen LogP contribution in [0.1, 0.15) is 16.9 Å². The molecule has 1 atom stereocenters. The van der Waals surface area contributed by atoms with Gasteiger partial charge in [-0.25, -0.2) is 15.0 Å². The van der Waals surface area contributed by atoms with Crippen LogP contribution in [0.3, 0.4) is 0 Å². The number of hydrogen-bond acceptors (Lipinski definition) is 6. The Bertz CT molecular complexity index is 1120. The smallest absolute Gasteiger partial charge is 0.273 e. The standard InChI is InChI=1S/C20H18N6O2/c27-19(16-13-28-20(24-16)14-4-2-1-3-5-14)23-15-6-9-26(12-15)18-17-21-7-10-25(17)11-8-22-18/h1-5,7-8,10-11,13,15H,6,9,12H2,(H,23,27)/t15-/m0/s1. The third-order valence-electron chi connectivity index (χ3n) is 4.87. The van der Waals surface area contributed by atoms with E-state index in [0.717, 1.165) is 30.0 Å². The molecule has 5 rings (SSSR count). The van der Waals surface area contributed by atoms with Crippen LogP contribution >= 0.6 is 0 Å². The van der Waals surface area contributed by atoms with Gasteiger partial charge in [-0.3, -0.25) is 4.79 Å². The van der Waals surface area contributed by atoms with Gasteiger partial charge >= 0.3 is 0 Å². The molecule has 1 fully saturated rings. The van der Waals surface area contributed by atoms with Crippen LogP contribution in [0.15, 0.2) is 65.8 Å². The number of carbonyl (C=O) groups excluding carboxylic acids is 1. The third kappa shape index (κ3) is 2.98. The molecule has 8 heteroatoms. The van der Waals surface area contributed by atoms with E-state index in [2.05, 4.69) is 25.2 Å². The van der Waals surface area contributed by atoms with Gasteiger partial charge in [0.15, 0.2) is 17.2 Å². The number of amides is 1. The Kier molecular flexibility index (Phi) is 4.01. The van der Waals surface area contributed by atoms with Gasteiger partial charge in [-0.2, -0.15) is 0 Å². The van der Waals surface area contributed by atoms with Crippen molar-refractivity contribution in [3.8, 4) is 11.5 Å². The summed E-state index contributed by atoms with van der Waals surface area (Å²) in [5, 5.41) is 3.04. The number of nitrogens with one attached hydrogen (secondary N) is 1. The molecule has 1 amide bonds. The highest BCUT2D eigenvalue weighted by Crippen LogP contribution is 2.22. The summed E-state index contributed by atoms with van der Waals surface area (Å²) < 4.78 is 7.40. The lowest BCUT2D eigenvalue weighted by Crippen LogP contribution is -2.37. The summed E-state index contributed by atoms with van der Waals surface area (Å²) in [7, 11) is 0. The fourth-order valence-corrected chi connectivity index (χ4v) is 3.48. The Morgan fingerprint density at radius 2 is 1.96 bits per heavy atom. The van der Waals surface area contributed by atoms with Crippen LogP contribution in [-0.2, 0) is 0 Å². The molecular weight excluding hydrogens is 356 g/mol. The molecule has 8 nitrogen and oxygen atoms in total. The number of anilines is 1. The molecule has 1 aliphatic heterocycles. The van der Waals surface area contributed by atoms with Crippen LogP contribution in [0, 0.1) is 0 Å². The molecule has 4 aromatic rings. The lowest BCUT2D eigenvalue weighted by molar-refractivity contribution is 0.0935. The zero-order valence-corrected chi connectivity index (χ0v) is 15.0. The Morgan fingerprint density at radius 3 is 2.82 bits per heavy atom. The normalized spacial score (nSPS) is 16.6. The molecule has 1 N–H and O–H groups in total. The third-order valence-corrected chi connectivity index (χ3v) is 4.87. The van der Waals surface area contributed by atoms with Gasteiger partial charge in [0, 0.05) is 49.5 Å². The Hall–Kier alpha value is -3.68. The van der Waals surface area contributed by atoms with Crippen molar-refractivity contribution in [1.29, 1.82) is 0 Å². The number of rotatable bonds is 4. The number of hydrogen-bond donors (Lipinski definition) is 1. The number of oxazole rings is 1. The maximum atomic E-state index is 12.6. The Labute approximate surface area is 160 Å². The number of imidazole rings is 1. The summed E-state index contributed by atoms with van der Waals surface area (Å²) in [6.07, 6.45) is 9.51. The maximum Gasteiger partial charge on any atom is 0.273 e. The molecule has 4 heterocycles. The quantitative estimate of drug-likeness (QED) is 0.590. The second-order valence-corrected chi connectivity index (χ2v) is 6.72. The average Bonchev–Trinajstić information content (AvgIpc) is 3.48. The highest BCUT2D eigenvalue weighted by atomic mass is 16.3. The van der Waals surface area contributed by atoms with Gasteiger partial charge in [0.05, 0.1) is 0 Å². The van der Waals surface area contributed by atoms with Crippen molar-refractivity contribution in [3.63, 3.8) is 0 Å². The fourth-order valence-electron chi connectivity index (χ4n) is 3.48. The number of benzene rings is 1. The zero-order valence-electron chi connectivity index (χ0n) is 15.0. The first-order valence-electron chi connectivity index (χ1n) is 9.12. The van der Waals surface area contributed by atoms with E-state index in [0.29, 0.717) is 12.4 Å². The molecule has 0 bridgehead atoms. The summed E-state index contributed by atoms with van der Waals surface area (Å²) in [5.74, 6) is 1.04. The number of aromatic nitrogens is 4. The van der Waals surface area contributed by atoms with Crippen LogP contribution in [0.25, 0.3) is 17.1 Å². The largest absolute Gasteiger partial charge is 0.444 e. The first-order chi connectivity index (χ1) is 13.8. The van der Waals surface area contributed by atoms with Gasteiger partial charge in [-0.1, -0.05) is 18.2 Å². The van der Waals surface area contributed by atoms with E-state index in [-0.39, 0.29) is 17.6 Å². The van der Waals surface area contributed by atoms with Gasteiger partial charge in [0.1, 0.15) is 6.26 Å². The number of carbonyl (C=O) groups is 1. The van der Waals surface area contributed by atoms with E-state index in [4.69, 9.17) is 4.42 Å². The van der Waals surface area contributed by atoms with E-state index < -0.39 is 0 Å². The molecule has 140 valence electrons. The number of fused-ring (bicyclic) bond motifs is 1. The first-order valence-corrected chi connectivity index (χ1v) is 9.12. The molecule has 3 aromatic heterocycles. The van der Waals surface area contributed by atoms with Gasteiger partial charge < -0.3 is 19.0 Å². The monoisotopic (exact) mass is 374 g/mol. The van der Waals surface area contributed by atoms with E-state index in [1.54, 1.807) is 12.4 Å². The van der Waals surface area contributed by atoms with E-state index in [9.17, 15) is 4.79 Å². The van der Waals surface area contributed by atoms with Crippen molar-refractivity contribution in [3.05, 3.63) is 67.1 Å². The molecule has 1 aliphatic rings. The molecular formula is C20H18N6O2. The molecule has 0 aliphatic carbocycles. The molecule has 0 spiro atoms. The maximum absolute atomic E-state index is 12.6. The summed E-state index contributed by atoms with van der Waals surface area (Å²) >= 11 is 0. The van der Waals surface area contributed by atoms with Gasteiger partial charge in [-0.15, -0.1) is 0 Å². The van der Waals surface area contributed by atoms with Crippen LogP contribution in [0.5, 0.6) is 0 Å². The zero-order chi connectivity index (χ0) is 18.9. The second-order valence-electron chi connectivity index (χ2n) is 6.72. The molecule has 0 radical (unpaired) electrons. The minimum absolute atomic E-state index is 0.0152. The van der Waals surface area contributed by atoms with Gasteiger partial charge in [0.2, 0.25) is 5.89 Å². The van der Waals surface area contributed by atoms with Crippen molar-refractivity contribution < 1.29 is 9.21 Å². The second kappa shape index (κ2) is 6.80. The lowest BCUT2D eigenvalue weighted by Gasteiger charge is -2.18. The fraction of sp³-hybridized carbons (Fsp3) is 0.200. The van der Waals surface area contributed by atoms with Crippen molar-refractivity contribution in [2.24, 2.45) is 0 Å². The van der Waals surface area contributed by atoms with Crippen molar-refractivity contribution in [1.82, 2.24) is 24.7 Å². The van der Waals surface area contributed by atoms with Crippen LogP contribution in [-0.4, -0.2) is 44.4 Å². The molecule has 0 saturated carbocycles. The van der Waals surface area contributed by atoms with Crippen LogP contribution in [0.4, 0.5) is 5.82 Å². The average molecular weight is 374 g/mol. The lowest BCUT2D eigenvalue weighted by atomic mass is 10.2. The first kappa shape index (κ1) is 16.5. The van der Waals surface area contributed by atoms with Crippen molar-refractivity contribution in [2.45, 2.75) is 12.5 Å². The Morgan fingerprint density at radius 1 is 1.14 bits per heavy atom. The van der Waals surface area contributed by atoms with Gasteiger partial charge in [-0.05, 0) is 18.6 Å². The van der Waals surface area contributed by atoms with Crippen molar-refractivity contribution >= 4 is 17.4 Å². The van der Waals surface area contributed by atoms with E-state index in [1.807, 2.05) is 47.1 Å². The minimum Gasteiger partial charge on any atom is -0.444 e. The highest BCUT2D eigenvalue weighted by molar-refractivity contribution is 5.92. The van der Waals surface area contributed by atoms with Crippen LogP contribution < -0.4 is 10.2 Å².